The summed E-state index contributed by atoms with van der Waals surface area (Å²) in [6.07, 6.45) is 5.39. The second kappa shape index (κ2) is 7.85. The molecular formula is C25H27ClN4OS. The largest absolute Gasteiger partial charge is 0.350 e. The Morgan fingerprint density at radius 1 is 1.12 bits per heavy atom. The highest BCUT2D eigenvalue weighted by molar-refractivity contribution is 7.19. The van der Waals surface area contributed by atoms with Crippen LogP contribution in [0.25, 0.3) is 26.8 Å². The van der Waals surface area contributed by atoms with Gasteiger partial charge in [-0.25, -0.2) is 14.5 Å². The molecule has 0 spiro atoms. The van der Waals surface area contributed by atoms with E-state index in [0.29, 0.717) is 16.4 Å². The van der Waals surface area contributed by atoms with Crippen molar-refractivity contribution in [2.24, 2.45) is 0 Å². The zero-order valence-electron chi connectivity index (χ0n) is 18.9. The highest BCUT2D eigenvalue weighted by Gasteiger charge is 2.25. The summed E-state index contributed by atoms with van der Waals surface area (Å²) < 4.78 is 1.66. The first-order valence-corrected chi connectivity index (χ1v) is 12.4. The molecular weight excluding hydrogens is 440 g/mol. The summed E-state index contributed by atoms with van der Waals surface area (Å²) in [5.41, 5.74) is 3.25. The lowest BCUT2D eigenvalue weighted by atomic mass is 9.96. The minimum Gasteiger partial charge on any atom is -0.350 e. The highest BCUT2D eigenvalue weighted by atomic mass is 35.5. The monoisotopic (exact) mass is 466 g/mol. The molecule has 3 aromatic heterocycles. The van der Waals surface area contributed by atoms with E-state index in [1.165, 1.54) is 23.3 Å². The molecule has 0 saturated carbocycles. The lowest BCUT2D eigenvalue weighted by Crippen LogP contribution is -2.34. The molecule has 0 amide bonds. The number of hydrogen-bond donors (Lipinski definition) is 1. The van der Waals surface area contributed by atoms with E-state index in [-0.39, 0.29) is 11.1 Å². The SMILES string of the molecule is CCC(C)(C)Nc1nc2c(c(C)nc3sc4c(c32)CCCC4)c(=O)n1-c1ccc(Cl)cc1. The predicted molar refractivity (Wildman–Crippen MR) is 135 cm³/mol. The minimum absolute atomic E-state index is 0.102. The minimum atomic E-state index is -0.226. The van der Waals surface area contributed by atoms with E-state index in [1.807, 2.05) is 19.1 Å². The first-order chi connectivity index (χ1) is 15.3. The number of nitrogens with one attached hydrogen (secondary N) is 1. The molecule has 1 aliphatic carbocycles. The smallest absolute Gasteiger partial charge is 0.269 e. The van der Waals surface area contributed by atoms with Crippen molar-refractivity contribution in [3.63, 3.8) is 0 Å². The van der Waals surface area contributed by atoms with E-state index < -0.39 is 0 Å². The molecule has 0 aliphatic heterocycles. The van der Waals surface area contributed by atoms with E-state index in [1.54, 1.807) is 28.0 Å². The van der Waals surface area contributed by atoms with Gasteiger partial charge < -0.3 is 5.32 Å². The number of rotatable bonds is 4. The first-order valence-electron chi connectivity index (χ1n) is 11.2. The van der Waals surface area contributed by atoms with Crippen LogP contribution >= 0.6 is 22.9 Å². The van der Waals surface area contributed by atoms with Gasteiger partial charge in [-0.05, 0) is 82.7 Å². The summed E-state index contributed by atoms with van der Waals surface area (Å²) in [6, 6.07) is 7.31. The molecule has 166 valence electrons. The molecule has 32 heavy (non-hydrogen) atoms. The Labute approximate surface area is 196 Å². The van der Waals surface area contributed by atoms with Crippen molar-refractivity contribution in [1.82, 2.24) is 14.5 Å². The number of benzene rings is 1. The van der Waals surface area contributed by atoms with Crippen molar-refractivity contribution in [1.29, 1.82) is 0 Å². The number of aryl methyl sites for hydroxylation is 3. The summed E-state index contributed by atoms with van der Waals surface area (Å²) >= 11 is 7.89. The van der Waals surface area contributed by atoms with Crippen molar-refractivity contribution >= 4 is 50.0 Å². The number of aromatic nitrogens is 3. The zero-order valence-corrected chi connectivity index (χ0v) is 20.5. The van der Waals surface area contributed by atoms with Gasteiger partial charge in [-0.2, -0.15) is 0 Å². The number of nitrogens with zero attached hydrogens (tertiary/aromatic N) is 3. The maximum Gasteiger partial charge on any atom is 0.269 e. The van der Waals surface area contributed by atoms with Crippen molar-refractivity contribution < 1.29 is 0 Å². The van der Waals surface area contributed by atoms with Crippen LogP contribution in [0.3, 0.4) is 0 Å². The summed E-state index contributed by atoms with van der Waals surface area (Å²) in [4.78, 5) is 26.4. The second-order valence-electron chi connectivity index (χ2n) is 9.23. The fourth-order valence-electron chi connectivity index (χ4n) is 4.42. The molecule has 1 N–H and O–H groups in total. The Bertz CT molecular complexity index is 1400. The number of thiophene rings is 1. The van der Waals surface area contributed by atoms with Crippen LogP contribution in [-0.4, -0.2) is 20.1 Å². The second-order valence-corrected chi connectivity index (χ2v) is 10.7. The molecule has 1 aliphatic rings. The van der Waals surface area contributed by atoms with Gasteiger partial charge in [0.15, 0.2) is 0 Å². The van der Waals surface area contributed by atoms with Crippen LogP contribution in [0.2, 0.25) is 5.02 Å². The van der Waals surface area contributed by atoms with Crippen LogP contribution in [0.15, 0.2) is 29.1 Å². The van der Waals surface area contributed by atoms with Crippen LogP contribution in [0.5, 0.6) is 0 Å². The fourth-order valence-corrected chi connectivity index (χ4v) is 5.85. The van der Waals surface area contributed by atoms with Gasteiger partial charge in [0.1, 0.15) is 4.83 Å². The average molecular weight is 467 g/mol. The molecule has 0 radical (unpaired) electrons. The van der Waals surface area contributed by atoms with Crippen LogP contribution < -0.4 is 10.9 Å². The molecule has 0 atom stereocenters. The van der Waals surface area contributed by atoms with Gasteiger partial charge in [-0.15, -0.1) is 11.3 Å². The van der Waals surface area contributed by atoms with Gasteiger partial charge in [-0.3, -0.25) is 4.79 Å². The number of pyridine rings is 1. The average Bonchev–Trinajstić information content (AvgIpc) is 3.12. The standard InChI is InChI=1S/C25H27ClN4OS/c1-5-25(3,4)29-24-28-21-19(23(31)30(24)16-12-10-15(26)11-13-16)14(2)27-22-20(21)17-8-6-7-9-18(17)32-22/h10-13H,5-9H2,1-4H3,(H,28,29). The van der Waals surface area contributed by atoms with Crippen LogP contribution in [0.4, 0.5) is 5.95 Å². The van der Waals surface area contributed by atoms with Gasteiger partial charge in [0.05, 0.1) is 22.3 Å². The summed E-state index contributed by atoms with van der Waals surface area (Å²) in [7, 11) is 0. The molecule has 4 aromatic rings. The number of hydrogen-bond acceptors (Lipinski definition) is 5. The maximum absolute atomic E-state index is 14.0. The normalized spacial score (nSPS) is 14.2. The molecule has 0 fully saturated rings. The Morgan fingerprint density at radius 2 is 1.84 bits per heavy atom. The summed E-state index contributed by atoms with van der Waals surface area (Å²) in [5, 5.41) is 5.84. The molecule has 5 rings (SSSR count). The third-order valence-corrected chi connectivity index (χ3v) is 7.96. The van der Waals surface area contributed by atoms with E-state index >= 15 is 0 Å². The van der Waals surface area contributed by atoms with Crippen molar-refractivity contribution in [3.8, 4) is 5.69 Å². The number of anilines is 1. The molecule has 3 heterocycles. The third-order valence-electron chi connectivity index (χ3n) is 6.52. The van der Waals surface area contributed by atoms with Crippen molar-refractivity contribution in [2.45, 2.75) is 65.3 Å². The third kappa shape index (κ3) is 3.50. The van der Waals surface area contributed by atoms with Crippen molar-refractivity contribution in [3.05, 3.63) is 55.8 Å². The van der Waals surface area contributed by atoms with Gasteiger partial charge >= 0.3 is 0 Å². The Balaban J connectivity index is 1.89. The Kier molecular flexibility index (Phi) is 5.25. The maximum atomic E-state index is 14.0. The van der Waals surface area contributed by atoms with Gasteiger partial charge in [0, 0.05) is 20.8 Å². The molecule has 0 unspecified atom stereocenters. The quantitative estimate of drug-likeness (QED) is 0.376. The lowest BCUT2D eigenvalue weighted by Gasteiger charge is -2.27. The Hall–Kier alpha value is -2.44. The van der Waals surface area contributed by atoms with Crippen molar-refractivity contribution in [2.75, 3.05) is 5.32 Å². The topological polar surface area (TPSA) is 59.8 Å². The van der Waals surface area contributed by atoms with Gasteiger partial charge in [-0.1, -0.05) is 18.5 Å². The van der Waals surface area contributed by atoms with E-state index in [4.69, 9.17) is 21.6 Å². The van der Waals surface area contributed by atoms with Crippen LogP contribution in [0, 0.1) is 6.92 Å². The molecule has 0 bridgehead atoms. The predicted octanol–water partition coefficient (Wildman–Crippen LogP) is 6.44. The summed E-state index contributed by atoms with van der Waals surface area (Å²) in [5.74, 6) is 0.555. The van der Waals surface area contributed by atoms with E-state index in [0.717, 1.165) is 46.4 Å². The summed E-state index contributed by atoms with van der Waals surface area (Å²) in [6.45, 7) is 8.28. The number of fused-ring (bicyclic) bond motifs is 5. The Morgan fingerprint density at radius 3 is 2.56 bits per heavy atom. The molecule has 7 heteroatoms. The highest BCUT2D eigenvalue weighted by Crippen LogP contribution is 2.39. The van der Waals surface area contributed by atoms with Crippen LogP contribution in [-0.2, 0) is 12.8 Å². The molecule has 5 nitrogen and oxygen atoms in total. The zero-order chi connectivity index (χ0) is 22.6. The number of halogens is 1. The van der Waals surface area contributed by atoms with E-state index in [9.17, 15) is 4.79 Å². The van der Waals surface area contributed by atoms with Crippen LogP contribution in [0.1, 0.15) is 56.2 Å². The lowest BCUT2D eigenvalue weighted by molar-refractivity contribution is 0.539. The fraction of sp³-hybridized carbons (Fsp3) is 0.400. The van der Waals surface area contributed by atoms with Gasteiger partial charge in [0.25, 0.3) is 5.56 Å². The first kappa shape index (κ1) is 21.4. The molecule has 1 aromatic carbocycles. The van der Waals surface area contributed by atoms with Gasteiger partial charge in [0.2, 0.25) is 5.95 Å². The van der Waals surface area contributed by atoms with E-state index in [2.05, 4.69) is 26.1 Å². The molecule has 0 saturated heterocycles.